The first-order valence-electron chi connectivity index (χ1n) is 9.78. The molecular weight excluding hydrogens is 467 g/mol. The Hall–Kier alpha value is -1.65. The number of nitrogens with zero attached hydrogens (tertiary/aromatic N) is 2. The molecule has 8 nitrogen and oxygen atoms in total. The number of aromatic nitrogens is 1. The van der Waals surface area contributed by atoms with Crippen LogP contribution in [0.1, 0.15) is 28.4 Å². The summed E-state index contributed by atoms with van der Waals surface area (Å²) in [5.41, 5.74) is 1.27. The summed E-state index contributed by atoms with van der Waals surface area (Å²) < 4.78 is 0.0156. The number of rotatable bonds is 4. The number of quaternary nitrogens is 1. The van der Waals surface area contributed by atoms with E-state index in [0.717, 1.165) is 12.1 Å². The van der Waals surface area contributed by atoms with Crippen LogP contribution in [0.25, 0.3) is 0 Å². The first kappa shape index (κ1) is 22.5. The number of piperidine rings is 1. The van der Waals surface area contributed by atoms with E-state index in [9.17, 15) is 14.8 Å². The van der Waals surface area contributed by atoms with Crippen LogP contribution in [0.4, 0.5) is 5.69 Å². The molecule has 2 aliphatic rings. The molecule has 166 valence electrons. The monoisotopic (exact) mass is 486 g/mol. The van der Waals surface area contributed by atoms with Crippen LogP contribution in [0, 0.1) is 11.1 Å². The molecule has 0 radical (unpaired) electrons. The molecule has 3 N–H and O–H groups in total. The van der Waals surface area contributed by atoms with Crippen molar-refractivity contribution in [3.8, 4) is 0 Å². The summed E-state index contributed by atoms with van der Waals surface area (Å²) in [6.07, 6.45) is 0.0355. The van der Waals surface area contributed by atoms with Crippen LogP contribution in [0.15, 0.2) is 47.3 Å². The summed E-state index contributed by atoms with van der Waals surface area (Å²) >= 11 is 18.8. The van der Waals surface area contributed by atoms with Crippen molar-refractivity contribution in [2.75, 3.05) is 13.1 Å². The summed E-state index contributed by atoms with van der Waals surface area (Å²) in [5, 5.41) is 21.8. The van der Waals surface area contributed by atoms with E-state index in [2.05, 4.69) is 5.32 Å². The lowest BCUT2D eigenvalue weighted by Crippen LogP contribution is -2.99. The van der Waals surface area contributed by atoms with Crippen molar-refractivity contribution in [1.29, 1.82) is 0 Å². The fourth-order valence-corrected chi connectivity index (χ4v) is 5.07. The second kappa shape index (κ2) is 8.71. The Kier molecular flexibility index (Phi) is 6.33. The van der Waals surface area contributed by atoms with Crippen LogP contribution in [0.5, 0.6) is 0 Å². The lowest BCUT2D eigenvalue weighted by atomic mass is 9.83. The molecule has 1 aromatic carbocycles. The zero-order valence-corrected chi connectivity index (χ0v) is 18.6. The Morgan fingerprint density at radius 3 is 2.52 bits per heavy atom. The van der Waals surface area contributed by atoms with Crippen molar-refractivity contribution < 1.29 is 15.2 Å². The third kappa shape index (κ3) is 4.75. The normalized spacial score (nSPS) is 23.0. The molecule has 4 rings (SSSR count). The molecule has 1 saturated heterocycles. The number of fused-ring (bicyclic) bond motifs is 4. The summed E-state index contributed by atoms with van der Waals surface area (Å²) in [6.45, 7) is 1.67. The van der Waals surface area contributed by atoms with Gasteiger partial charge in [0.05, 0.1) is 0 Å². The van der Waals surface area contributed by atoms with E-state index in [1.165, 1.54) is 24.3 Å². The Labute approximate surface area is 193 Å². The van der Waals surface area contributed by atoms with Gasteiger partial charge in [-0.15, -0.1) is 0 Å². The molecular formula is C20H21Cl3N4O4. The van der Waals surface area contributed by atoms with E-state index in [4.69, 9.17) is 40.0 Å². The molecule has 1 amide bonds. The van der Waals surface area contributed by atoms with Crippen LogP contribution in [-0.2, 0) is 6.54 Å². The Bertz CT molecular complexity index is 1020. The Morgan fingerprint density at radius 2 is 1.87 bits per heavy atom. The minimum atomic E-state index is -1.79. The molecule has 2 aromatic rings. The molecule has 11 heteroatoms. The number of carbonyl (C=O) groups is 1. The van der Waals surface area contributed by atoms with Crippen LogP contribution in [-0.4, -0.2) is 43.6 Å². The number of carbonyl (C=O) groups excluding carboxylic acids is 1. The van der Waals surface area contributed by atoms with Crippen LogP contribution in [0.3, 0.4) is 0 Å². The van der Waals surface area contributed by atoms with Crippen molar-refractivity contribution in [2.45, 2.75) is 28.8 Å². The number of likely N-dealkylation sites (tertiary alicyclic amines) is 1. The predicted octanol–water partition coefficient (Wildman–Crippen LogP) is 1.80. The standard InChI is InChI=1S/C20H21Cl3N4O4/c21-20(22,23)19(24-18(29)13-4-6-15(7-5-13)27(30)31)25-9-12-8-14(11-25)16-2-1-3-17(28)26(16)10-12/h1-7,12,14,19,27,30H,8-11H2,(H,24,29)/t12-,14-,19+/m1/s1. The smallest absolute Gasteiger partial charge is 0.252 e. The quantitative estimate of drug-likeness (QED) is 0.451. The maximum atomic E-state index is 12.8. The minimum Gasteiger partial charge on any atom is -0.595 e. The van der Waals surface area contributed by atoms with Crippen LogP contribution < -0.4 is 16.1 Å². The van der Waals surface area contributed by atoms with Crippen molar-refractivity contribution in [3.63, 3.8) is 0 Å². The number of hydrogen-bond donors (Lipinski definition) is 3. The average Bonchev–Trinajstić information content (AvgIpc) is 2.71. The van der Waals surface area contributed by atoms with Gasteiger partial charge < -0.3 is 15.1 Å². The number of halogens is 3. The molecule has 1 fully saturated rings. The SMILES string of the molecule is O=C(N[C@@H](N1C[C@H]2C[C@H](C1)c1cccc(=O)n1C2)C(Cl)(Cl)Cl)c1ccc([NH+]([O-])O)cc1. The average molecular weight is 488 g/mol. The van der Waals surface area contributed by atoms with Gasteiger partial charge >= 0.3 is 0 Å². The van der Waals surface area contributed by atoms with Gasteiger partial charge in [-0.2, -0.15) is 5.23 Å². The molecule has 31 heavy (non-hydrogen) atoms. The van der Waals surface area contributed by atoms with Crippen LogP contribution >= 0.6 is 34.8 Å². The Morgan fingerprint density at radius 1 is 1.16 bits per heavy atom. The zero-order valence-electron chi connectivity index (χ0n) is 16.3. The van der Waals surface area contributed by atoms with Crippen molar-refractivity contribution in [1.82, 2.24) is 14.8 Å². The highest BCUT2D eigenvalue weighted by Crippen LogP contribution is 2.40. The van der Waals surface area contributed by atoms with Gasteiger partial charge in [-0.3, -0.25) is 14.5 Å². The molecule has 0 spiro atoms. The second-order valence-electron chi connectivity index (χ2n) is 7.95. The van der Waals surface area contributed by atoms with E-state index in [0.29, 0.717) is 19.6 Å². The fraction of sp³-hybridized carbons (Fsp3) is 0.400. The van der Waals surface area contributed by atoms with Crippen molar-refractivity contribution >= 4 is 46.4 Å². The van der Waals surface area contributed by atoms with Gasteiger partial charge in [0.15, 0.2) is 5.69 Å². The lowest BCUT2D eigenvalue weighted by Gasteiger charge is -2.47. The molecule has 1 unspecified atom stereocenters. The summed E-state index contributed by atoms with van der Waals surface area (Å²) in [5.74, 6) is -0.198. The predicted molar refractivity (Wildman–Crippen MR) is 117 cm³/mol. The third-order valence-corrected chi connectivity index (χ3v) is 6.47. The highest BCUT2D eigenvalue weighted by atomic mass is 35.6. The van der Waals surface area contributed by atoms with E-state index >= 15 is 0 Å². The van der Waals surface area contributed by atoms with Gasteiger partial charge in [-0.1, -0.05) is 40.9 Å². The van der Waals surface area contributed by atoms with Gasteiger partial charge in [-0.25, -0.2) is 5.21 Å². The van der Waals surface area contributed by atoms with E-state index < -0.39 is 21.1 Å². The number of amides is 1. The molecule has 1 aromatic heterocycles. The van der Waals surface area contributed by atoms with Gasteiger partial charge in [0.2, 0.25) is 3.79 Å². The number of benzene rings is 1. The van der Waals surface area contributed by atoms with Crippen LogP contribution in [0.2, 0.25) is 0 Å². The molecule has 0 saturated carbocycles. The summed E-state index contributed by atoms with van der Waals surface area (Å²) in [6, 6.07) is 10.8. The number of pyridine rings is 1. The second-order valence-corrected chi connectivity index (χ2v) is 10.3. The maximum absolute atomic E-state index is 12.8. The van der Waals surface area contributed by atoms with Crippen molar-refractivity contribution in [2.24, 2.45) is 5.92 Å². The number of alkyl halides is 3. The number of nitrogens with one attached hydrogen (secondary N) is 2. The molecule has 2 bridgehead atoms. The first-order chi connectivity index (χ1) is 14.6. The van der Waals surface area contributed by atoms with E-state index in [-0.39, 0.29) is 28.6 Å². The van der Waals surface area contributed by atoms with E-state index in [1.54, 1.807) is 12.1 Å². The fourth-order valence-electron chi connectivity index (χ4n) is 4.50. The van der Waals surface area contributed by atoms with Crippen molar-refractivity contribution in [3.05, 3.63) is 69.3 Å². The molecule has 0 aliphatic carbocycles. The first-order valence-corrected chi connectivity index (χ1v) is 10.9. The summed E-state index contributed by atoms with van der Waals surface area (Å²) in [7, 11) is 0. The maximum Gasteiger partial charge on any atom is 0.252 e. The van der Waals surface area contributed by atoms with Gasteiger partial charge in [0, 0.05) is 55.0 Å². The highest BCUT2D eigenvalue weighted by Gasteiger charge is 2.44. The molecule has 2 aliphatic heterocycles. The minimum absolute atomic E-state index is 0.0170. The lowest BCUT2D eigenvalue weighted by molar-refractivity contribution is -0.991. The van der Waals surface area contributed by atoms with E-state index in [1.807, 2.05) is 15.5 Å². The third-order valence-electron chi connectivity index (χ3n) is 5.85. The van der Waals surface area contributed by atoms with Gasteiger partial charge in [-0.05, 0) is 30.5 Å². The largest absolute Gasteiger partial charge is 0.595 e. The Balaban J connectivity index is 1.55. The highest BCUT2D eigenvalue weighted by molar-refractivity contribution is 6.68. The zero-order chi connectivity index (χ0) is 22.3. The number of hydrogen-bond acceptors (Lipinski definition) is 5. The van der Waals surface area contributed by atoms with Gasteiger partial charge in [0.1, 0.15) is 6.17 Å². The molecule has 3 heterocycles. The molecule has 4 atom stereocenters. The topological polar surface area (TPSA) is 102 Å². The van der Waals surface area contributed by atoms with Gasteiger partial charge in [0.25, 0.3) is 11.5 Å². The summed E-state index contributed by atoms with van der Waals surface area (Å²) in [4.78, 5) is 27.0.